The Labute approximate surface area is 128 Å². The zero-order chi connectivity index (χ0) is 15.4. The molecule has 112 valence electrons. The van der Waals surface area contributed by atoms with Crippen molar-refractivity contribution in [1.29, 1.82) is 0 Å². The van der Waals surface area contributed by atoms with E-state index in [-0.39, 0.29) is 11.6 Å². The van der Waals surface area contributed by atoms with Gasteiger partial charge in [-0.25, -0.2) is 4.39 Å². The Hall–Kier alpha value is -1.62. The fourth-order valence-corrected chi connectivity index (χ4v) is 2.54. The predicted molar refractivity (Wildman–Crippen MR) is 81.2 cm³/mol. The molecular weight excluding hydrogens is 293 g/mol. The van der Waals surface area contributed by atoms with E-state index in [1.54, 1.807) is 36.4 Å². The Bertz CT molecular complexity index is 621. The standard InChI is InChI=1S/C16H17ClFNO2/c1-21-14-8-3-2-5-11(14)16(20)12(9-19)10-6-4-7-13(17)15(10)18/h2-8,12,16,20H,9,19H2,1H3. The maximum absolute atomic E-state index is 14.2. The Morgan fingerprint density at radius 3 is 2.52 bits per heavy atom. The average molecular weight is 310 g/mol. The maximum atomic E-state index is 14.2. The van der Waals surface area contributed by atoms with Gasteiger partial charge in [-0.2, -0.15) is 0 Å². The highest BCUT2D eigenvalue weighted by Gasteiger charge is 2.27. The van der Waals surface area contributed by atoms with E-state index in [9.17, 15) is 9.50 Å². The van der Waals surface area contributed by atoms with Crippen LogP contribution in [0.1, 0.15) is 23.1 Å². The van der Waals surface area contributed by atoms with Crippen LogP contribution in [0.3, 0.4) is 0 Å². The summed E-state index contributed by atoms with van der Waals surface area (Å²) in [5.74, 6) is -0.630. The molecule has 0 aliphatic rings. The van der Waals surface area contributed by atoms with Crippen LogP contribution in [0.4, 0.5) is 4.39 Å². The number of benzene rings is 2. The molecule has 0 aliphatic carbocycles. The first-order valence-corrected chi connectivity index (χ1v) is 6.93. The lowest BCUT2D eigenvalue weighted by molar-refractivity contribution is 0.142. The molecule has 2 rings (SSSR count). The first-order valence-electron chi connectivity index (χ1n) is 6.55. The van der Waals surface area contributed by atoms with Gasteiger partial charge in [0.25, 0.3) is 0 Å². The molecule has 0 saturated carbocycles. The molecule has 5 heteroatoms. The molecule has 2 atom stereocenters. The summed E-state index contributed by atoms with van der Waals surface area (Å²) in [7, 11) is 1.52. The minimum Gasteiger partial charge on any atom is -0.496 e. The molecule has 0 amide bonds. The highest BCUT2D eigenvalue weighted by molar-refractivity contribution is 6.30. The molecule has 2 aromatic rings. The van der Waals surface area contributed by atoms with Gasteiger partial charge >= 0.3 is 0 Å². The number of rotatable bonds is 5. The minimum atomic E-state index is -0.987. The number of para-hydroxylation sites is 1. The lowest BCUT2D eigenvalue weighted by Crippen LogP contribution is -2.21. The average Bonchev–Trinajstić information content (AvgIpc) is 2.51. The van der Waals surface area contributed by atoms with Gasteiger partial charge in [0.15, 0.2) is 0 Å². The third-order valence-corrected chi connectivity index (χ3v) is 3.77. The Morgan fingerprint density at radius 2 is 1.86 bits per heavy atom. The van der Waals surface area contributed by atoms with Gasteiger partial charge in [0, 0.05) is 18.0 Å². The van der Waals surface area contributed by atoms with Crippen LogP contribution < -0.4 is 10.5 Å². The summed E-state index contributed by atoms with van der Waals surface area (Å²) >= 11 is 5.80. The summed E-state index contributed by atoms with van der Waals surface area (Å²) in [6.45, 7) is 0.0798. The third kappa shape index (κ3) is 3.18. The molecule has 0 bridgehead atoms. The maximum Gasteiger partial charge on any atom is 0.145 e. The molecule has 0 fully saturated rings. The van der Waals surface area contributed by atoms with Crippen molar-refractivity contribution in [3.8, 4) is 5.75 Å². The smallest absolute Gasteiger partial charge is 0.145 e. The lowest BCUT2D eigenvalue weighted by Gasteiger charge is -2.24. The van der Waals surface area contributed by atoms with Gasteiger partial charge in [-0.1, -0.05) is 41.9 Å². The van der Waals surface area contributed by atoms with E-state index in [2.05, 4.69) is 0 Å². The van der Waals surface area contributed by atoms with E-state index in [1.807, 2.05) is 0 Å². The predicted octanol–water partition coefficient (Wildman–Crippen LogP) is 3.26. The normalized spacial score (nSPS) is 13.8. The van der Waals surface area contributed by atoms with Crippen LogP contribution in [-0.2, 0) is 0 Å². The van der Waals surface area contributed by atoms with Crippen molar-refractivity contribution in [2.45, 2.75) is 12.0 Å². The van der Waals surface area contributed by atoms with Gasteiger partial charge < -0.3 is 15.6 Å². The second-order valence-corrected chi connectivity index (χ2v) is 5.08. The molecule has 0 spiro atoms. The number of methoxy groups -OCH3 is 1. The van der Waals surface area contributed by atoms with Crippen LogP contribution in [0.2, 0.25) is 5.02 Å². The number of nitrogens with two attached hydrogens (primary N) is 1. The highest BCUT2D eigenvalue weighted by atomic mass is 35.5. The second kappa shape index (κ2) is 6.89. The van der Waals surface area contributed by atoms with Gasteiger partial charge in [0.2, 0.25) is 0 Å². The van der Waals surface area contributed by atoms with E-state index >= 15 is 0 Å². The van der Waals surface area contributed by atoms with Crippen molar-refractivity contribution < 1.29 is 14.2 Å². The van der Waals surface area contributed by atoms with Crippen LogP contribution in [0.15, 0.2) is 42.5 Å². The molecule has 2 aromatic carbocycles. The van der Waals surface area contributed by atoms with Crippen LogP contribution in [0.25, 0.3) is 0 Å². The van der Waals surface area contributed by atoms with Crippen molar-refractivity contribution in [2.75, 3.05) is 13.7 Å². The molecule has 3 nitrogen and oxygen atoms in total. The van der Waals surface area contributed by atoms with E-state index < -0.39 is 17.8 Å². The largest absolute Gasteiger partial charge is 0.496 e. The van der Waals surface area contributed by atoms with Crippen molar-refractivity contribution in [3.05, 3.63) is 64.4 Å². The fourth-order valence-electron chi connectivity index (χ4n) is 2.36. The van der Waals surface area contributed by atoms with Gasteiger partial charge in [-0.3, -0.25) is 0 Å². The lowest BCUT2D eigenvalue weighted by atomic mass is 9.88. The summed E-state index contributed by atoms with van der Waals surface area (Å²) in [6.07, 6.45) is -0.987. The molecule has 0 saturated heterocycles. The fraction of sp³-hybridized carbons (Fsp3) is 0.250. The topological polar surface area (TPSA) is 55.5 Å². The first kappa shape index (κ1) is 15.8. The van der Waals surface area contributed by atoms with Crippen LogP contribution in [0.5, 0.6) is 5.75 Å². The van der Waals surface area contributed by atoms with E-state index in [0.29, 0.717) is 16.9 Å². The Balaban J connectivity index is 2.43. The Kier molecular flexibility index (Phi) is 5.17. The molecule has 0 radical (unpaired) electrons. The molecule has 0 heterocycles. The molecule has 2 unspecified atom stereocenters. The van der Waals surface area contributed by atoms with E-state index in [4.69, 9.17) is 22.1 Å². The molecule has 21 heavy (non-hydrogen) atoms. The number of hydrogen-bond acceptors (Lipinski definition) is 3. The minimum absolute atomic E-state index is 0.0122. The summed E-state index contributed by atoms with van der Waals surface area (Å²) in [5, 5.41) is 10.6. The number of halogens is 2. The summed E-state index contributed by atoms with van der Waals surface area (Å²) < 4.78 is 19.4. The number of ether oxygens (including phenoxy) is 1. The summed E-state index contributed by atoms with van der Waals surface area (Å²) in [6, 6.07) is 11.7. The van der Waals surface area contributed by atoms with E-state index in [0.717, 1.165) is 0 Å². The SMILES string of the molecule is COc1ccccc1C(O)C(CN)c1cccc(Cl)c1F. The zero-order valence-electron chi connectivity index (χ0n) is 11.6. The molecule has 0 aromatic heterocycles. The number of aliphatic hydroxyl groups excluding tert-OH is 1. The zero-order valence-corrected chi connectivity index (χ0v) is 12.3. The first-order chi connectivity index (χ1) is 10.1. The Morgan fingerprint density at radius 1 is 1.19 bits per heavy atom. The van der Waals surface area contributed by atoms with Crippen LogP contribution in [-0.4, -0.2) is 18.8 Å². The van der Waals surface area contributed by atoms with Crippen LogP contribution >= 0.6 is 11.6 Å². The van der Waals surface area contributed by atoms with E-state index in [1.165, 1.54) is 13.2 Å². The van der Waals surface area contributed by atoms with Crippen molar-refractivity contribution >= 4 is 11.6 Å². The van der Waals surface area contributed by atoms with Gasteiger partial charge in [-0.05, 0) is 17.7 Å². The molecule has 0 aliphatic heterocycles. The molecular formula is C16H17ClFNO2. The summed E-state index contributed by atoms with van der Waals surface area (Å²) in [4.78, 5) is 0. The van der Waals surface area contributed by atoms with Crippen molar-refractivity contribution in [2.24, 2.45) is 5.73 Å². The monoisotopic (exact) mass is 309 g/mol. The van der Waals surface area contributed by atoms with Gasteiger partial charge in [0.1, 0.15) is 11.6 Å². The van der Waals surface area contributed by atoms with Gasteiger partial charge in [-0.15, -0.1) is 0 Å². The summed E-state index contributed by atoms with van der Waals surface area (Å²) in [5.41, 5.74) is 6.60. The van der Waals surface area contributed by atoms with Crippen molar-refractivity contribution in [3.63, 3.8) is 0 Å². The quantitative estimate of drug-likeness (QED) is 0.891. The highest BCUT2D eigenvalue weighted by Crippen LogP contribution is 2.37. The van der Waals surface area contributed by atoms with Crippen LogP contribution in [0, 0.1) is 5.82 Å². The molecule has 3 N–H and O–H groups in total. The van der Waals surface area contributed by atoms with Crippen molar-refractivity contribution in [1.82, 2.24) is 0 Å². The second-order valence-electron chi connectivity index (χ2n) is 4.67. The third-order valence-electron chi connectivity index (χ3n) is 3.47. The van der Waals surface area contributed by atoms with Gasteiger partial charge in [0.05, 0.1) is 18.2 Å². The number of aliphatic hydroxyl groups is 1. The number of hydrogen-bond donors (Lipinski definition) is 2.